The van der Waals surface area contributed by atoms with Crippen molar-refractivity contribution in [2.24, 2.45) is 0 Å². The van der Waals surface area contributed by atoms with Crippen LogP contribution >= 0.6 is 0 Å². The number of hydrogen-bond acceptors (Lipinski definition) is 2. The zero-order valence-corrected chi connectivity index (χ0v) is 10.8. The summed E-state index contributed by atoms with van der Waals surface area (Å²) in [7, 11) is 0. The second-order valence-corrected chi connectivity index (χ2v) is 4.74. The molecular formula is C16H16N2. The van der Waals surface area contributed by atoms with Crippen LogP contribution in [0.25, 0.3) is 16.6 Å². The Morgan fingerprint density at radius 2 is 1.94 bits per heavy atom. The zero-order chi connectivity index (χ0) is 12.5. The van der Waals surface area contributed by atoms with Crippen LogP contribution in [0.3, 0.4) is 0 Å². The third-order valence-corrected chi connectivity index (χ3v) is 3.34. The summed E-state index contributed by atoms with van der Waals surface area (Å²) in [6, 6.07) is 6.14. The molecule has 0 bridgehead atoms. The fraction of sp³-hybridized carbons (Fsp3) is 0.250. The van der Waals surface area contributed by atoms with Crippen molar-refractivity contribution < 1.29 is 0 Å². The molecule has 0 unspecified atom stereocenters. The molecular weight excluding hydrogens is 220 g/mol. The molecule has 1 aromatic carbocycles. The fourth-order valence-corrected chi connectivity index (χ4v) is 2.37. The van der Waals surface area contributed by atoms with E-state index >= 15 is 0 Å². The molecule has 0 N–H and O–H groups in total. The van der Waals surface area contributed by atoms with E-state index in [1.54, 1.807) is 0 Å². The van der Waals surface area contributed by atoms with Gasteiger partial charge in [0.05, 0.1) is 22.4 Å². The second-order valence-electron chi connectivity index (χ2n) is 4.74. The molecule has 0 radical (unpaired) electrons. The summed E-state index contributed by atoms with van der Waals surface area (Å²) in [5.74, 6) is 0. The molecule has 1 aliphatic carbocycles. The first-order valence-corrected chi connectivity index (χ1v) is 6.37. The maximum absolute atomic E-state index is 4.82. The number of benzene rings is 1. The normalized spacial score (nSPS) is 14.9. The quantitative estimate of drug-likeness (QED) is 0.748. The Kier molecular flexibility index (Phi) is 2.71. The number of aromatic nitrogens is 2. The maximum atomic E-state index is 4.82. The summed E-state index contributed by atoms with van der Waals surface area (Å²) in [6.07, 6.45) is 8.84. The number of rotatable bonds is 1. The van der Waals surface area contributed by atoms with E-state index in [0.29, 0.717) is 0 Å². The molecule has 1 aliphatic rings. The maximum Gasteiger partial charge on any atom is 0.0923 e. The van der Waals surface area contributed by atoms with Crippen molar-refractivity contribution in [3.05, 3.63) is 53.4 Å². The number of aryl methyl sites for hydroxylation is 2. The first-order chi connectivity index (χ1) is 8.75. The van der Waals surface area contributed by atoms with E-state index < -0.39 is 0 Å². The minimum atomic E-state index is 0.983. The Hall–Kier alpha value is -1.96. The Labute approximate surface area is 107 Å². The smallest absolute Gasteiger partial charge is 0.0923 e. The van der Waals surface area contributed by atoms with E-state index in [2.05, 4.69) is 36.2 Å². The van der Waals surface area contributed by atoms with Gasteiger partial charge in [0.1, 0.15) is 0 Å². The van der Waals surface area contributed by atoms with Gasteiger partial charge in [-0.25, -0.2) is 9.97 Å². The lowest BCUT2D eigenvalue weighted by Crippen LogP contribution is -1.99. The molecule has 3 rings (SSSR count). The van der Waals surface area contributed by atoms with Gasteiger partial charge in [-0.3, -0.25) is 0 Å². The Bertz CT molecular complexity index is 666. The summed E-state index contributed by atoms with van der Waals surface area (Å²) in [4.78, 5) is 9.49. The van der Waals surface area contributed by atoms with E-state index in [-0.39, 0.29) is 0 Å². The standard InChI is InChI=1S/C16H16N2/c1-11-7-6-10-14-15(11)18-16(12(2)17-14)13-8-4-3-5-9-13/h4,6-10H,3,5H2,1-2H3. The molecule has 90 valence electrons. The molecule has 2 heteroatoms. The number of allylic oxidation sites excluding steroid dienone is 4. The summed E-state index contributed by atoms with van der Waals surface area (Å²) in [5, 5.41) is 0. The summed E-state index contributed by atoms with van der Waals surface area (Å²) >= 11 is 0. The summed E-state index contributed by atoms with van der Waals surface area (Å²) in [6.45, 7) is 4.12. The fourth-order valence-electron chi connectivity index (χ4n) is 2.37. The van der Waals surface area contributed by atoms with Gasteiger partial charge in [0.2, 0.25) is 0 Å². The molecule has 2 aromatic rings. The molecule has 0 atom stereocenters. The van der Waals surface area contributed by atoms with Crippen molar-refractivity contribution in [3.63, 3.8) is 0 Å². The first kappa shape index (κ1) is 11.1. The molecule has 1 aromatic heterocycles. The monoisotopic (exact) mass is 236 g/mol. The van der Waals surface area contributed by atoms with Gasteiger partial charge >= 0.3 is 0 Å². The first-order valence-electron chi connectivity index (χ1n) is 6.37. The van der Waals surface area contributed by atoms with E-state index in [1.165, 1.54) is 11.1 Å². The molecule has 18 heavy (non-hydrogen) atoms. The summed E-state index contributed by atoms with van der Waals surface area (Å²) < 4.78 is 0. The van der Waals surface area contributed by atoms with Gasteiger partial charge in [-0.1, -0.05) is 30.4 Å². The molecule has 1 heterocycles. The van der Waals surface area contributed by atoms with Gasteiger partial charge in [-0.15, -0.1) is 0 Å². The third-order valence-electron chi connectivity index (χ3n) is 3.34. The average molecular weight is 236 g/mol. The molecule has 0 spiro atoms. The van der Waals surface area contributed by atoms with Gasteiger partial charge in [-0.05, 0) is 43.9 Å². The van der Waals surface area contributed by atoms with Crippen molar-refractivity contribution >= 4 is 16.6 Å². The topological polar surface area (TPSA) is 25.8 Å². The molecule has 0 saturated carbocycles. The Morgan fingerprint density at radius 1 is 1.06 bits per heavy atom. The number of fused-ring (bicyclic) bond motifs is 1. The molecule has 0 amide bonds. The largest absolute Gasteiger partial charge is 0.249 e. The van der Waals surface area contributed by atoms with Crippen molar-refractivity contribution in [2.75, 3.05) is 0 Å². The van der Waals surface area contributed by atoms with Gasteiger partial charge in [0, 0.05) is 0 Å². The average Bonchev–Trinajstić information content (AvgIpc) is 2.39. The van der Waals surface area contributed by atoms with Gasteiger partial charge in [0.25, 0.3) is 0 Å². The van der Waals surface area contributed by atoms with Crippen molar-refractivity contribution in [3.8, 4) is 0 Å². The third kappa shape index (κ3) is 1.84. The van der Waals surface area contributed by atoms with Crippen LogP contribution in [0, 0.1) is 13.8 Å². The second kappa shape index (κ2) is 4.37. The van der Waals surface area contributed by atoms with Crippen molar-refractivity contribution in [2.45, 2.75) is 26.7 Å². The molecule has 0 saturated heterocycles. The number of hydrogen-bond donors (Lipinski definition) is 0. The van der Waals surface area contributed by atoms with Crippen LogP contribution < -0.4 is 0 Å². The number of para-hydroxylation sites is 1. The van der Waals surface area contributed by atoms with Crippen molar-refractivity contribution in [1.29, 1.82) is 0 Å². The van der Waals surface area contributed by atoms with Crippen LogP contribution in [-0.4, -0.2) is 9.97 Å². The molecule has 0 fully saturated rings. The van der Waals surface area contributed by atoms with E-state index in [9.17, 15) is 0 Å². The lowest BCUT2D eigenvalue weighted by molar-refractivity contribution is 1.03. The Morgan fingerprint density at radius 3 is 2.72 bits per heavy atom. The van der Waals surface area contributed by atoms with Crippen LogP contribution in [0.15, 0.2) is 36.4 Å². The zero-order valence-electron chi connectivity index (χ0n) is 10.8. The molecule has 0 aliphatic heterocycles. The van der Waals surface area contributed by atoms with Crippen LogP contribution in [0.4, 0.5) is 0 Å². The minimum Gasteiger partial charge on any atom is -0.249 e. The predicted octanol–water partition coefficient (Wildman–Crippen LogP) is 3.98. The Balaban J connectivity index is 2.24. The predicted molar refractivity (Wildman–Crippen MR) is 75.4 cm³/mol. The van der Waals surface area contributed by atoms with Gasteiger partial charge in [-0.2, -0.15) is 0 Å². The lowest BCUT2D eigenvalue weighted by Gasteiger charge is -2.11. The van der Waals surface area contributed by atoms with Crippen LogP contribution in [-0.2, 0) is 0 Å². The van der Waals surface area contributed by atoms with Crippen LogP contribution in [0.1, 0.15) is 29.8 Å². The highest BCUT2D eigenvalue weighted by molar-refractivity contribution is 5.82. The van der Waals surface area contributed by atoms with E-state index in [4.69, 9.17) is 4.98 Å². The van der Waals surface area contributed by atoms with E-state index in [0.717, 1.165) is 35.3 Å². The summed E-state index contributed by atoms with van der Waals surface area (Å²) in [5.41, 5.74) is 6.41. The number of nitrogens with zero attached hydrogens (tertiary/aromatic N) is 2. The van der Waals surface area contributed by atoms with Crippen LogP contribution in [0.2, 0.25) is 0 Å². The molecule has 2 nitrogen and oxygen atoms in total. The van der Waals surface area contributed by atoms with Crippen molar-refractivity contribution in [1.82, 2.24) is 9.97 Å². The van der Waals surface area contributed by atoms with Gasteiger partial charge < -0.3 is 0 Å². The van der Waals surface area contributed by atoms with E-state index in [1.807, 2.05) is 19.1 Å². The highest BCUT2D eigenvalue weighted by Crippen LogP contribution is 2.24. The lowest BCUT2D eigenvalue weighted by atomic mass is 10.0. The van der Waals surface area contributed by atoms with Crippen LogP contribution in [0.5, 0.6) is 0 Å². The highest BCUT2D eigenvalue weighted by Gasteiger charge is 2.10. The highest BCUT2D eigenvalue weighted by atomic mass is 14.8. The van der Waals surface area contributed by atoms with Gasteiger partial charge in [0.15, 0.2) is 0 Å². The SMILES string of the molecule is Cc1nc2cccc(C)c2nc1C1=CCCC=C1. The minimum absolute atomic E-state index is 0.983.